The monoisotopic (exact) mass is 680 g/mol. The quantitative estimate of drug-likeness (QED) is 0.0521. The van der Waals surface area contributed by atoms with E-state index in [-0.39, 0.29) is 30.6 Å². The van der Waals surface area contributed by atoms with E-state index in [1.807, 2.05) is 0 Å². The number of carboxylic acids is 6. The van der Waals surface area contributed by atoms with E-state index in [0.717, 1.165) is 5.56 Å². The van der Waals surface area contributed by atoms with E-state index in [4.69, 9.17) is 70.1 Å². The number of phenolic OH excluding ortho intramolecular Hbond substituents is 1. The summed E-state index contributed by atoms with van der Waals surface area (Å²) in [6, 6.07) is 2.60. The first-order valence-corrected chi connectivity index (χ1v) is 13.4. The third-order valence-electron chi connectivity index (χ3n) is 4.88. The third kappa shape index (κ3) is 35.3. The van der Waals surface area contributed by atoms with Crippen molar-refractivity contribution in [2.24, 2.45) is 51.0 Å². The number of nitrogens with zero attached hydrogens (tertiary/aromatic N) is 1. The Morgan fingerprint density at radius 1 is 0.702 bits per heavy atom. The fraction of sp³-hybridized carbons (Fsp3) is 0.500. The highest BCUT2D eigenvalue weighted by Crippen LogP contribution is 2.10. The van der Waals surface area contributed by atoms with Crippen molar-refractivity contribution in [2.75, 3.05) is 13.1 Å². The average molecular weight is 681 g/mol. The molecule has 0 heterocycles. The van der Waals surface area contributed by atoms with Gasteiger partial charge < -0.3 is 75.9 Å². The van der Waals surface area contributed by atoms with Crippen LogP contribution in [0.25, 0.3) is 0 Å². The highest BCUT2D eigenvalue weighted by molar-refractivity contribution is 5.80. The van der Waals surface area contributed by atoms with Crippen LogP contribution in [0.4, 0.5) is 0 Å². The summed E-state index contributed by atoms with van der Waals surface area (Å²) in [5.74, 6) is -6.22. The van der Waals surface area contributed by atoms with Crippen LogP contribution in [0, 0.1) is 5.92 Å². The lowest BCUT2D eigenvalue weighted by molar-refractivity contribution is -0.144. The summed E-state index contributed by atoms with van der Waals surface area (Å²) < 4.78 is 0. The van der Waals surface area contributed by atoms with Crippen LogP contribution in [-0.2, 0) is 35.2 Å². The molecule has 21 N–H and O–H groups in total. The Kier molecular flexibility index (Phi) is 29.5. The van der Waals surface area contributed by atoms with Crippen LogP contribution in [0.3, 0.4) is 0 Å². The first-order valence-electron chi connectivity index (χ1n) is 13.4. The van der Waals surface area contributed by atoms with Crippen molar-refractivity contribution in [3.05, 3.63) is 29.8 Å². The predicted octanol–water partition coefficient (Wildman–Crippen LogP) is -3.24. The number of guanidine groups is 1. The first-order chi connectivity index (χ1) is 21.5. The van der Waals surface area contributed by atoms with Crippen molar-refractivity contribution in [2.45, 2.75) is 63.7 Å². The van der Waals surface area contributed by atoms with Crippen LogP contribution in [-0.4, -0.2) is 115 Å². The minimum absolute atomic E-state index is 0.0129. The molecule has 0 amide bonds. The lowest BCUT2D eigenvalue weighted by atomic mass is 10.1. The lowest BCUT2D eigenvalue weighted by Gasteiger charge is -2.07. The number of phenols is 1. The van der Waals surface area contributed by atoms with Crippen LogP contribution in [0.5, 0.6) is 5.75 Å². The maximum atomic E-state index is 10.4. The number of carboxylic acid groups (broad SMARTS) is 6. The molecule has 4 atom stereocenters. The number of nitrogens with two attached hydrogens (primary N) is 7. The van der Waals surface area contributed by atoms with Crippen molar-refractivity contribution in [3.8, 4) is 5.75 Å². The highest BCUT2D eigenvalue weighted by atomic mass is 16.4. The van der Waals surface area contributed by atoms with E-state index in [1.165, 1.54) is 12.1 Å². The maximum absolute atomic E-state index is 10.4. The average Bonchev–Trinajstić information content (AvgIpc) is 2.96. The van der Waals surface area contributed by atoms with Crippen molar-refractivity contribution in [1.82, 2.24) is 0 Å². The second-order valence-corrected chi connectivity index (χ2v) is 9.46. The number of carbonyl (C=O) groups is 6. The molecule has 0 fully saturated rings. The Bertz CT molecular complexity index is 1110. The normalized spacial score (nSPS) is 12.1. The molecular formula is C26H48N8O13. The zero-order valence-electron chi connectivity index (χ0n) is 26.0. The van der Waals surface area contributed by atoms with E-state index in [2.05, 4.69) is 10.7 Å². The molecule has 1 rings (SSSR count). The van der Waals surface area contributed by atoms with E-state index in [1.54, 1.807) is 26.0 Å². The zero-order chi connectivity index (χ0) is 37.9. The van der Waals surface area contributed by atoms with Crippen LogP contribution in [0.15, 0.2) is 29.3 Å². The minimum Gasteiger partial charge on any atom is -0.508 e. The summed E-state index contributed by atoms with van der Waals surface area (Å²) >= 11 is 0. The van der Waals surface area contributed by atoms with Crippen molar-refractivity contribution in [3.63, 3.8) is 0 Å². The SMILES string of the molecule is CC(C)[C@H](N)C(=O)O.NC(N)=NCCC[C@H](N)C(=O)O.NCC(=O)O.N[C@@H](CC(=O)O)C(=O)O.N[C@@H](Cc1ccc(O)cc1)C(=O)O. The van der Waals surface area contributed by atoms with Gasteiger partial charge in [-0.2, -0.15) is 0 Å². The molecule has 0 spiro atoms. The summed E-state index contributed by atoms with van der Waals surface area (Å²) in [6.45, 7) is 3.70. The molecule has 0 radical (unpaired) electrons. The third-order valence-corrected chi connectivity index (χ3v) is 4.88. The van der Waals surface area contributed by atoms with Gasteiger partial charge in [-0.05, 0) is 42.9 Å². The van der Waals surface area contributed by atoms with E-state index >= 15 is 0 Å². The van der Waals surface area contributed by atoms with Gasteiger partial charge in [0, 0.05) is 6.54 Å². The zero-order valence-corrected chi connectivity index (χ0v) is 26.0. The molecule has 21 nitrogen and oxygen atoms in total. The molecule has 0 aliphatic carbocycles. The van der Waals surface area contributed by atoms with Crippen LogP contribution in [0.2, 0.25) is 0 Å². The summed E-state index contributed by atoms with van der Waals surface area (Å²) in [6.07, 6.45) is 0.697. The fourth-order valence-electron chi connectivity index (χ4n) is 2.18. The molecule has 0 unspecified atom stereocenters. The number of aromatic hydroxyl groups is 1. The van der Waals surface area contributed by atoms with Gasteiger partial charge in [-0.1, -0.05) is 26.0 Å². The Labute approximate surface area is 270 Å². The largest absolute Gasteiger partial charge is 0.508 e. The topological polar surface area (TPSA) is 439 Å². The number of hydrogen-bond donors (Lipinski definition) is 14. The first kappa shape index (κ1) is 48.8. The van der Waals surface area contributed by atoms with Gasteiger partial charge in [0.2, 0.25) is 0 Å². The molecule has 0 aliphatic rings. The lowest BCUT2D eigenvalue weighted by Crippen LogP contribution is -2.34. The number of hydrogen-bond acceptors (Lipinski definition) is 13. The van der Waals surface area contributed by atoms with Gasteiger partial charge in [-0.3, -0.25) is 33.8 Å². The second kappa shape index (κ2) is 28.4. The standard InChI is InChI=1S/C9H11NO3.C6H14N4O2.C5H11NO2.C4H7NO4.C2H5NO2/c10-8(9(12)13)5-6-1-3-7(11)4-2-6;7-4(5(11)12)2-1-3-10-6(8)9;1-3(2)4(6)5(7)8;5-2(4(8)9)1-3(6)7;3-1-2(4)5/h1-4,8,11H,5,10H2,(H,12,13);4H,1-3,7H2,(H,11,12)(H4,8,9,10);3-4H,6H2,1-2H3,(H,7,8);2H,1,5H2,(H,6,7)(H,8,9);1,3H2,(H,4,5)/t8-;2*4-;2-;/m0000./s1. The molecule has 0 aromatic heterocycles. The number of rotatable bonds is 14. The van der Waals surface area contributed by atoms with Gasteiger partial charge in [-0.15, -0.1) is 0 Å². The van der Waals surface area contributed by atoms with Gasteiger partial charge in [0.25, 0.3) is 0 Å². The maximum Gasteiger partial charge on any atom is 0.321 e. The molecule has 270 valence electrons. The molecule has 47 heavy (non-hydrogen) atoms. The molecule has 0 saturated carbocycles. The van der Waals surface area contributed by atoms with Crippen molar-refractivity contribution in [1.29, 1.82) is 0 Å². The van der Waals surface area contributed by atoms with Crippen LogP contribution in [0.1, 0.15) is 38.7 Å². The smallest absolute Gasteiger partial charge is 0.321 e. The summed E-state index contributed by atoms with van der Waals surface area (Å²) in [7, 11) is 0. The molecule has 0 aliphatic heterocycles. The van der Waals surface area contributed by atoms with E-state index < -0.39 is 66.4 Å². The Hall–Kier alpha value is -5.09. The van der Waals surface area contributed by atoms with E-state index in [0.29, 0.717) is 19.4 Å². The molecule has 21 heteroatoms. The van der Waals surface area contributed by atoms with Gasteiger partial charge in [-0.25, -0.2) is 0 Å². The van der Waals surface area contributed by atoms with Gasteiger partial charge in [0.1, 0.15) is 29.9 Å². The molecule has 1 aromatic carbocycles. The second-order valence-electron chi connectivity index (χ2n) is 9.46. The molecule has 0 bridgehead atoms. The van der Waals surface area contributed by atoms with Gasteiger partial charge in [0.05, 0.1) is 13.0 Å². The predicted molar refractivity (Wildman–Crippen MR) is 168 cm³/mol. The van der Waals surface area contributed by atoms with Gasteiger partial charge in [0.15, 0.2) is 5.96 Å². The Morgan fingerprint density at radius 3 is 1.38 bits per heavy atom. The number of aliphatic imine (C=N–C) groups is 1. The molecule has 1 aromatic rings. The highest BCUT2D eigenvalue weighted by Gasteiger charge is 2.15. The molecular weight excluding hydrogens is 632 g/mol. The van der Waals surface area contributed by atoms with Gasteiger partial charge >= 0.3 is 35.8 Å². The summed E-state index contributed by atoms with van der Waals surface area (Å²) in [5, 5.41) is 57.7. The summed E-state index contributed by atoms with van der Waals surface area (Å²) in [5.41, 5.74) is 36.0. The Morgan fingerprint density at radius 2 is 1.13 bits per heavy atom. The van der Waals surface area contributed by atoms with E-state index in [9.17, 15) is 28.8 Å². The minimum atomic E-state index is -1.29. The van der Waals surface area contributed by atoms with Crippen molar-refractivity contribution >= 4 is 41.8 Å². The fourth-order valence-corrected chi connectivity index (χ4v) is 2.18. The number of benzene rings is 1. The summed E-state index contributed by atoms with van der Waals surface area (Å²) in [4.78, 5) is 63.2. The van der Waals surface area contributed by atoms with Crippen LogP contribution >= 0.6 is 0 Å². The molecule has 0 saturated heterocycles. The van der Waals surface area contributed by atoms with Crippen LogP contribution < -0.4 is 40.1 Å². The van der Waals surface area contributed by atoms with Crippen molar-refractivity contribution < 1.29 is 64.5 Å². The Balaban J connectivity index is -0.000000254. The number of aliphatic carboxylic acids is 6.